The van der Waals surface area contributed by atoms with Crippen molar-refractivity contribution in [2.24, 2.45) is 0 Å². The van der Waals surface area contributed by atoms with Crippen LogP contribution in [0.25, 0.3) is 0 Å². The van der Waals surface area contributed by atoms with Gasteiger partial charge in [-0.2, -0.15) is 0 Å². The quantitative estimate of drug-likeness (QED) is 0.653. The lowest BCUT2D eigenvalue weighted by Crippen LogP contribution is -2.23. The summed E-state index contributed by atoms with van der Waals surface area (Å²) in [6, 6.07) is 7.90. The fourth-order valence-corrected chi connectivity index (χ4v) is 1.79. The van der Waals surface area contributed by atoms with Gasteiger partial charge in [-0.15, -0.1) is 12.4 Å². The Morgan fingerprint density at radius 1 is 1.29 bits per heavy atom. The SMILES string of the molecule is CCCCOc1cccc(CNC(=O)CCCNC)c1.Cl. The highest BCUT2D eigenvalue weighted by Crippen LogP contribution is 2.13. The fourth-order valence-electron chi connectivity index (χ4n) is 1.79. The first-order valence-electron chi connectivity index (χ1n) is 7.39. The number of hydrogen-bond acceptors (Lipinski definition) is 3. The van der Waals surface area contributed by atoms with E-state index in [9.17, 15) is 4.79 Å². The first-order chi connectivity index (χ1) is 9.76. The first kappa shape index (κ1) is 19.7. The van der Waals surface area contributed by atoms with Crippen LogP contribution in [0.15, 0.2) is 24.3 Å². The molecular formula is C16H27ClN2O2. The summed E-state index contributed by atoms with van der Waals surface area (Å²) in [6.45, 7) is 4.32. The van der Waals surface area contributed by atoms with Gasteiger partial charge in [-0.25, -0.2) is 0 Å². The fraction of sp³-hybridized carbons (Fsp3) is 0.562. The van der Waals surface area contributed by atoms with E-state index in [1.165, 1.54) is 0 Å². The van der Waals surface area contributed by atoms with E-state index in [0.717, 1.165) is 43.7 Å². The van der Waals surface area contributed by atoms with Crippen molar-refractivity contribution in [2.45, 2.75) is 39.2 Å². The average Bonchev–Trinajstić information content (AvgIpc) is 2.46. The number of halogens is 1. The Balaban J connectivity index is 0.00000400. The molecule has 1 rings (SSSR count). The van der Waals surface area contributed by atoms with Crippen LogP contribution in [0.1, 0.15) is 38.2 Å². The average molecular weight is 315 g/mol. The Morgan fingerprint density at radius 2 is 2.10 bits per heavy atom. The van der Waals surface area contributed by atoms with Crippen molar-refractivity contribution in [2.75, 3.05) is 20.2 Å². The molecule has 0 saturated heterocycles. The van der Waals surface area contributed by atoms with Gasteiger partial charge in [0.1, 0.15) is 5.75 Å². The maximum Gasteiger partial charge on any atom is 0.220 e. The van der Waals surface area contributed by atoms with Crippen molar-refractivity contribution in [3.05, 3.63) is 29.8 Å². The molecule has 0 aliphatic carbocycles. The molecular weight excluding hydrogens is 288 g/mol. The number of amides is 1. The molecule has 120 valence electrons. The van der Waals surface area contributed by atoms with Gasteiger partial charge in [0.15, 0.2) is 0 Å². The largest absolute Gasteiger partial charge is 0.494 e. The molecule has 5 heteroatoms. The number of carbonyl (C=O) groups excluding carboxylic acids is 1. The molecule has 0 unspecified atom stereocenters. The van der Waals surface area contributed by atoms with Gasteiger partial charge in [0, 0.05) is 13.0 Å². The first-order valence-corrected chi connectivity index (χ1v) is 7.39. The summed E-state index contributed by atoms with van der Waals surface area (Å²) >= 11 is 0. The zero-order chi connectivity index (χ0) is 14.6. The van der Waals surface area contributed by atoms with Gasteiger partial charge in [0.25, 0.3) is 0 Å². The highest BCUT2D eigenvalue weighted by Gasteiger charge is 2.02. The minimum absolute atomic E-state index is 0. The molecule has 0 aliphatic heterocycles. The van der Waals surface area contributed by atoms with E-state index in [1.807, 2.05) is 31.3 Å². The lowest BCUT2D eigenvalue weighted by Gasteiger charge is -2.09. The molecule has 0 heterocycles. The van der Waals surface area contributed by atoms with Crippen LogP contribution in [-0.4, -0.2) is 26.1 Å². The maximum atomic E-state index is 11.6. The molecule has 0 aliphatic rings. The van der Waals surface area contributed by atoms with E-state index >= 15 is 0 Å². The van der Waals surface area contributed by atoms with Crippen molar-refractivity contribution in [3.8, 4) is 5.75 Å². The number of carbonyl (C=O) groups is 1. The molecule has 0 saturated carbocycles. The van der Waals surface area contributed by atoms with Gasteiger partial charge in [-0.3, -0.25) is 4.79 Å². The lowest BCUT2D eigenvalue weighted by atomic mass is 10.2. The molecule has 1 aromatic carbocycles. The molecule has 1 amide bonds. The predicted octanol–water partition coefficient (Wildman–Crippen LogP) is 2.90. The molecule has 0 aromatic heterocycles. The lowest BCUT2D eigenvalue weighted by molar-refractivity contribution is -0.121. The van der Waals surface area contributed by atoms with Crippen LogP contribution in [0, 0.1) is 0 Å². The van der Waals surface area contributed by atoms with Gasteiger partial charge in [0.2, 0.25) is 5.91 Å². The van der Waals surface area contributed by atoms with Crippen LogP contribution in [0.2, 0.25) is 0 Å². The third kappa shape index (κ3) is 9.32. The standard InChI is InChI=1S/C16H26N2O2.ClH/c1-3-4-11-20-15-8-5-7-14(12-15)13-18-16(19)9-6-10-17-2;/h5,7-8,12,17H,3-4,6,9-11,13H2,1-2H3,(H,18,19);1H. The zero-order valence-corrected chi connectivity index (χ0v) is 13.8. The summed E-state index contributed by atoms with van der Waals surface area (Å²) < 4.78 is 5.65. The summed E-state index contributed by atoms with van der Waals surface area (Å²) in [5.74, 6) is 0.970. The van der Waals surface area contributed by atoms with Crippen molar-refractivity contribution in [1.29, 1.82) is 0 Å². The van der Waals surface area contributed by atoms with Crippen LogP contribution >= 0.6 is 12.4 Å². The molecule has 0 fully saturated rings. The third-order valence-corrected chi connectivity index (χ3v) is 2.99. The number of nitrogens with one attached hydrogen (secondary N) is 2. The highest BCUT2D eigenvalue weighted by atomic mass is 35.5. The van der Waals surface area contributed by atoms with Gasteiger partial charge in [-0.05, 0) is 44.1 Å². The normalized spacial score (nSPS) is 9.81. The Kier molecular flexibility index (Phi) is 11.7. The maximum absolute atomic E-state index is 11.6. The van der Waals surface area contributed by atoms with Crippen molar-refractivity contribution < 1.29 is 9.53 Å². The van der Waals surface area contributed by atoms with E-state index in [4.69, 9.17) is 4.74 Å². The predicted molar refractivity (Wildman–Crippen MR) is 89.1 cm³/mol. The minimum atomic E-state index is 0. The van der Waals surface area contributed by atoms with Crippen molar-refractivity contribution in [1.82, 2.24) is 10.6 Å². The number of ether oxygens (including phenoxy) is 1. The highest BCUT2D eigenvalue weighted by molar-refractivity contribution is 5.85. The zero-order valence-electron chi connectivity index (χ0n) is 13.0. The monoisotopic (exact) mass is 314 g/mol. The molecule has 0 atom stereocenters. The van der Waals surface area contributed by atoms with E-state index < -0.39 is 0 Å². The summed E-state index contributed by atoms with van der Waals surface area (Å²) in [5.41, 5.74) is 1.07. The Morgan fingerprint density at radius 3 is 2.81 bits per heavy atom. The van der Waals surface area contributed by atoms with Crippen LogP contribution in [-0.2, 0) is 11.3 Å². The molecule has 1 aromatic rings. The number of unbranched alkanes of at least 4 members (excludes halogenated alkanes) is 1. The Bertz CT molecular complexity index is 400. The summed E-state index contributed by atoms with van der Waals surface area (Å²) in [4.78, 5) is 11.6. The van der Waals surface area contributed by atoms with Crippen LogP contribution in [0.3, 0.4) is 0 Å². The van der Waals surface area contributed by atoms with Crippen LogP contribution < -0.4 is 15.4 Å². The van der Waals surface area contributed by atoms with E-state index in [0.29, 0.717) is 13.0 Å². The van der Waals surface area contributed by atoms with Crippen LogP contribution in [0.4, 0.5) is 0 Å². The molecule has 21 heavy (non-hydrogen) atoms. The van der Waals surface area contributed by atoms with Crippen LogP contribution in [0.5, 0.6) is 5.75 Å². The van der Waals surface area contributed by atoms with Gasteiger partial charge in [0.05, 0.1) is 6.61 Å². The minimum Gasteiger partial charge on any atom is -0.494 e. The second kappa shape index (κ2) is 12.5. The molecule has 0 bridgehead atoms. The van der Waals surface area contributed by atoms with Crippen molar-refractivity contribution in [3.63, 3.8) is 0 Å². The second-order valence-electron chi connectivity index (χ2n) is 4.83. The van der Waals surface area contributed by atoms with E-state index in [2.05, 4.69) is 17.6 Å². The Labute approximate surface area is 134 Å². The van der Waals surface area contributed by atoms with Gasteiger partial charge in [-0.1, -0.05) is 25.5 Å². The second-order valence-corrected chi connectivity index (χ2v) is 4.83. The number of benzene rings is 1. The summed E-state index contributed by atoms with van der Waals surface area (Å²) in [6.07, 6.45) is 3.62. The summed E-state index contributed by atoms with van der Waals surface area (Å²) in [5, 5.41) is 5.96. The van der Waals surface area contributed by atoms with Crippen molar-refractivity contribution >= 4 is 18.3 Å². The van der Waals surface area contributed by atoms with Gasteiger partial charge >= 0.3 is 0 Å². The molecule has 2 N–H and O–H groups in total. The number of rotatable bonds is 10. The smallest absolute Gasteiger partial charge is 0.220 e. The van der Waals surface area contributed by atoms with E-state index in [-0.39, 0.29) is 18.3 Å². The van der Waals surface area contributed by atoms with Gasteiger partial charge < -0.3 is 15.4 Å². The molecule has 0 spiro atoms. The molecule has 4 nitrogen and oxygen atoms in total. The third-order valence-electron chi connectivity index (χ3n) is 2.99. The number of hydrogen-bond donors (Lipinski definition) is 2. The van der Waals surface area contributed by atoms with E-state index in [1.54, 1.807) is 0 Å². The topological polar surface area (TPSA) is 50.4 Å². The molecule has 0 radical (unpaired) electrons. The summed E-state index contributed by atoms with van der Waals surface area (Å²) in [7, 11) is 1.89. The Hall–Kier alpha value is -1.26.